The molecular weight excluding hydrogens is 461 g/mol. The molecule has 0 saturated carbocycles. The van der Waals surface area contributed by atoms with Crippen molar-refractivity contribution >= 4 is 57.6 Å². The van der Waals surface area contributed by atoms with Crippen molar-refractivity contribution in [3.63, 3.8) is 0 Å². The van der Waals surface area contributed by atoms with E-state index in [-0.39, 0.29) is 30.9 Å². The van der Waals surface area contributed by atoms with Crippen LogP contribution < -0.4 is 0 Å². The highest BCUT2D eigenvalue weighted by molar-refractivity contribution is 7.99. The molecule has 144 valence electrons. The number of alkyl halides is 6. The first-order chi connectivity index (χ1) is 12.4. The summed E-state index contributed by atoms with van der Waals surface area (Å²) in [5.74, 6) is -1.30. The smallest absolute Gasteiger partial charge is 0.333 e. The first-order valence-electron chi connectivity index (χ1n) is 6.87. The molecule has 3 aromatic rings. The standard InChI is InChI=1S/C15H5Cl3F6N2S/c16-7-2-1-5(3-6(7)14(19,20)21)27-12-9(18)4-8(17)10-11(12)26-13(25-10)15(22,23)24/h1-4H,(H,25,26). The predicted molar refractivity (Wildman–Crippen MR) is 91.7 cm³/mol. The Hall–Kier alpha value is -1.29. The number of benzene rings is 2. The molecule has 1 aromatic heterocycles. The van der Waals surface area contributed by atoms with E-state index in [1.165, 1.54) is 12.1 Å². The number of nitrogens with one attached hydrogen (secondary N) is 1. The molecule has 0 saturated heterocycles. The molecule has 0 unspecified atom stereocenters. The van der Waals surface area contributed by atoms with Crippen LogP contribution in [0, 0.1) is 0 Å². The number of nitrogens with zero attached hydrogens (tertiary/aromatic N) is 1. The molecule has 0 radical (unpaired) electrons. The number of rotatable bonds is 2. The van der Waals surface area contributed by atoms with Crippen molar-refractivity contribution in [3.05, 3.63) is 50.7 Å². The second-order valence-corrected chi connectivity index (χ2v) is 7.52. The fourth-order valence-electron chi connectivity index (χ4n) is 2.21. The van der Waals surface area contributed by atoms with Gasteiger partial charge in [-0.3, -0.25) is 0 Å². The van der Waals surface area contributed by atoms with Gasteiger partial charge in [0.1, 0.15) is 5.52 Å². The summed E-state index contributed by atoms with van der Waals surface area (Å²) in [6.45, 7) is 0. The van der Waals surface area contributed by atoms with Crippen LogP contribution in [0.4, 0.5) is 26.3 Å². The Kier molecular flexibility index (Phi) is 5.26. The van der Waals surface area contributed by atoms with Gasteiger partial charge in [-0.15, -0.1) is 0 Å². The van der Waals surface area contributed by atoms with Crippen LogP contribution >= 0.6 is 46.6 Å². The molecule has 27 heavy (non-hydrogen) atoms. The lowest BCUT2D eigenvalue weighted by molar-refractivity contribution is -0.144. The van der Waals surface area contributed by atoms with Gasteiger partial charge in [0.2, 0.25) is 5.82 Å². The Morgan fingerprint density at radius 2 is 1.52 bits per heavy atom. The summed E-state index contributed by atoms with van der Waals surface area (Å²) < 4.78 is 77.8. The van der Waals surface area contributed by atoms with Crippen LogP contribution in [0.5, 0.6) is 0 Å². The van der Waals surface area contributed by atoms with Crippen molar-refractivity contribution in [2.45, 2.75) is 22.1 Å². The van der Waals surface area contributed by atoms with Crippen LogP contribution in [-0.4, -0.2) is 9.97 Å². The van der Waals surface area contributed by atoms with Gasteiger partial charge in [-0.1, -0.05) is 46.6 Å². The molecule has 0 atom stereocenters. The van der Waals surface area contributed by atoms with Crippen LogP contribution in [0.1, 0.15) is 11.4 Å². The molecule has 1 heterocycles. The summed E-state index contributed by atoms with van der Waals surface area (Å²) in [7, 11) is 0. The van der Waals surface area contributed by atoms with Crippen LogP contribution in [0.25, 0.3) is 11.0 Å². The molecule has 0 aliphatic carbocycles. The Morgan fingerprint density at radius 1 is 0.852 bits per heavy atom. The van der Waals surface area contributed by atoms with E-state index in [4.69, 9.17) is 34.8 Å². The van der Waals surface area contributed by atoms with Gasteiger partial charge in [-0.25, -0.2) is 4.98 Å². The van der Waals surface area contributed by atoms with Crippen LogP contribution in [-0.2, 0) is 12.4 Å². The highest BCUT2D eigenvalue weighted by atomic mass is 35.5. The Bertz CT molecular complexity index is 1030. The molecule has 0 bridgehead atoms. The van der Waals surface area contributed by atoms with E-state index in [1.54, 1.807) is 0 Å². The van der Waals surface area contributed by atoms with Crippen LogP contribution in [0.15, 0.2) is 34.1 Å². The van der Waals surface area contributed by atoms with Gasteiger partial charge in [-0.05, 0) is 24.3 Å². The monoisotopic (exact) mass is 464 g/mol. The second kappa shape index (κ2) is 6.95. The molecule has 0 aliphatic heterocycles. The number of imidazole rings is 1. The van der Waals surface area contributed by atoms with E-state index in [9.17, 15) is 26.3 Å². The summed E-state index contributed by atoms with van der Waals surface area (Å²) >= 11 is 18.3. The first kappa shape index (κ1) is 20.4. The zero-order valence-corrected chi connectivity index (χ0v) is 15.7. The summed E-state index contributed by atoms with van der Waals surface area (Å²) in [5.41, 5.74) is -1.40. The van der Waals surface area contributed by atoms with E-state index in [2.05, 4.69) is 9.97 Å². The topological polar surface area (TPSA) is 28.7 Å². The predicted octanol–water partition coefficient (Wildman–Crippen LogP) is 7.71. The largest absolute Gasteiger partial charge is 0.449 e. The SMILES string of the molecule is FC(F)(F)c1nc2c(Cl)cc(Cl)c(Sc3ccc(Cl)c(C(F)(F)F)c3)c2[nH]1. The quantitative estimate of drug-likeness (QED) is 0.393. The van der Waals surface area contributed by atoms with E-state index in [0.717, 1.165) is 23.9 Å². The minimum atomic E-state index is -4.76. The molecular formula is C15H5Cl3F6N2S. The maximum atomic E-state index is 13.0. The van der Waals surface area contributed by atoms with Crippen LogP contribution in [0.2, 0.25) is 15.1 Å². The van der Waals surface area contributed by atoms with Crippen LogP contribution in [0.3, 0.4) is 0 Å². The van der Waals surface area contributed by atoms with Crippen molar-refractivity contribution in [1.29, 1.82) is 0 Å². The lowest BCUT2D eigenvalue weighted by Crippen LogP contribution is -2.06. The lowest BCUT2D eigenvalue weighted by Gasteiger charge is -2.12. The van der Waals surface area contributed by atoms with E-state index < -0.39 is 28.8 Å². The third-order valence-electron chi connectivity index (χ3n) is 3.36. The Labute approximate surface area is 166 Å². The number of hydrogen-bond acceptors (Lipinski definition) is 2. The Morgan fingerprint density at radius 3 is 2.11 bits per heavy atom. The Balaban J connectivity index is 2.14. The minimum absolute atomic E-state index is 0.0432. The molecule has 12 heteroatoms. The van der Waals surface area contributed by atoms with Crippen molar-refractivity contribution in [1.82, 2.24) is 9.97 Å². The van der Waals surface area contributed by atoms with E-state index in [1.807, 2.05) is 0 Å². The molecule has 1 N–H and O–H groups in total. The molecule has 2 aromatic carbocycles. The zero-order valence-electron chi connectivity index (χ0n) is 12.6. The molecule has 0 fully saturated rings. The molecule has 0 amide bonds. The van der Waals surface area contributed by atoms with Crippen molar-refractivity contribution in [2.24, 2.45) is 0 Å². The summed E-state index contributed by atoms with van der Waals surface area (Å²) in [5, 5.41) is -0.670. The number of hydrogen-bond donors (Lipinski definition) is 1. The van der Waals surface area contributed by atoms with Gasteiger partial charge in [0.05, 0.1) is 31.0 Å². The maximum absolute atomic E-state index is 13.0. The van der Waals surface area contributed by atoms with Crippen molar-refractivity contribution in [3.8, 4) is 0 Å². The van der Waals surface area contributed by atoms with E-state index >= 15 is 0 Å². The van der Waals surface area contributed by atoms with E-state index in [0.29, 0.717) is 0 Å². The fourth-order valence-corrected chi connectivity index (χ4v) is 4.01. The summed E-state index contributed by atoms with van der Waals surface area (Å²) in [4.78, 5) is 5.62. The first-order valence-corrected chi connectivity index (χ1v) is 8.82. The molecule has 2 nitrogen and oxygen atoms in total. The average molecular weight is 466 g/mol. The average Bonchev–Trinajstić information content (AvgIpc) is 2.97. The van der Waals surface area contributed by atoms with Crippen molar-refractivity contribution < 1.29 is 26.3 Å². The number of fused-ring (bicyclic) bond motifs is 1. The van der Waals surface area contributed by atoms with Gasteiger partial charge in [0.25, 0.3) is 0 Å². The minimum Gasteiger partial charge on any atom is -0.333 e. The van der Waals surface area contributed by atoms with Gasteiger partial charge in [0.15, 0.2) is 0 Å². The normalized spacial score (nSPS) is 12.8. The number of aromatic amines is 1. The number of aromatic nitrogens is 2. The molecule has 3 rings (SSSR count). The maximum Gasteiger partial charge on any atom is 0.449 e. The lowest BCUT2D eigenvalue weighted by atomic mass is 10.2. The number of halogens is 9. The van der Waals surface area contributed by atoms with Gasteiger partial charge in [-0.2, -0.15) is 26.3 Å². The summed E-state index contributed by atoms with van der Waals surface area (Å²) in [6.07, 6.45) is -9.45. The van der Waals surface area contributed by atoms with Gasteiger partial charge in [0, 0.05) is 4.90 Å². The molecule has 0 aliphatic rings. The second-order valence-electron chi connectivity index (χ2n) is 5.22. The summed E-state index contributed by atoms with van der Waals surface area (Å²) in [6, 6.07) is 4.29. The fraction of sp³-hybridized carbons (Fsp3) is 0.133. The highest BCUT2D eigenvalue weighted by Gasteiger charge is 2.36. The zero-order chi connectivity index (χ0) is 20.1. The number of H-pyrrole nitrogens is 1. The third kappa shape index (κ3) is 4.11. The highest BCUT2D eigenvalue weighted by Crippen LogP contribution is 2.44. The van der Waals surface area contributed by atoms with Crippen molar-refractivity contribution in [2.75, 3.05) is 0 Å². The van der Waals surface area contributed by atoms with Gasteiger partial charge >= 0.3 is 12.4 Å². The van der Waals surface area contributed by atoms with Gasteiger partial charge < -0.3 is 4.98 Å². The molecule has 0 spiro atoms. The third-order valence-corrected chi connectivity index (χ3v) is 5.50.